The molecule has 2 fully saturated rings. The zero-order chi connectivity index (χ0) is 15.6. The molecule has 1 aromatic rings. The molecule has 3 aliphatic heterocycles. The first-order valence-electron chi connectivity index (χ1n) is 9.28. The number of nitrogens with zero attached hydrogens (tertiary/aromatic N) is 4. The lowest BCUT2D eigenvalue weighted by molar-refractivity contribution is -0.140. The fourth-order valence-electron chi connectivity index (χ4n) is 4.34. The largest absolute Gasteiger partial charge is 0.332 e. The topological polar surface area (TPSA) is 63.1 Å². The molecule has 4 rings (SSSR count). The summed E-state index contributed by atoms with van der Waals surface area (Å²) in [6, 6.07) is 0.137. The third-order valence-corrected chi connectivity index (χ3v) is 5.62. The number of fused-ring (bicyclic) bond motifs is 1. The summed E-state index contributed by atoms with van der Waals surface area (Å²) >= 11 is 0. The molecule has 0 radical (unpaired) electrons. The molecular formula is C17H27N5O. The Kier molecular flexibility index (Phi) is 4.33. The lowest BCUT2D eigenvalue weighted by atomic mass is 9.94. The van der Waals surface area contributed by atoms with E-state index in [1.807, 2.05) is 0 Å². The lowest BCUT2D eigenvalue weighted by Crippen LogP contribution is -2.46. The standard InChI is InChI=1S/C17H27N5O/c23-17(13-6-5-9-18-12-13)21-10-3-1-7-14(21)16-20-19-15-8-2-4-11-22(15)16/h13-14,18H,1-12H2. The third kappa shape index (κ3) is 2.89. The Morgan fingerprint density at radius 1 is 1.04 bits per heavy atom. The van der Waals surface area contributed by atoms with Crippen molar-refractivity contribution in [2.24, 2.45) is 5.92 Å². The first kappa shape index (κ1) is 15.1. The number of aromatic nitrogens is 3. The number of rotatable bonds is 2. The Labute approximate surface area is 137 Å². The van der Waals surface area contributed by atoms with E-state index in [9.17, 15) is 4.79 Å². The zero-order valence-corrected chi connectivity index (χ0v) is 13.8. The molecule has 0 bridgehead atoms. The summed E-state index contributed by atoms with van der Waals surface area (Å²) < 4.78 is 2.29. The molecule has 1 aromatic heterocycles. The van der Waals surface area contributed by atoms with E-state index in [1.54, 1.807) is 0 Å². The second kappa shape index (κ2) is 6.59. The Morgan fingerprint density at radius 3 is 2.83 bits per heavy atom. The highest BCUT2D eigenvalue weighted by molar-refractivity contribution is 5.79. The van der Waals surface area contributed by atoms with Crippen molar-refractivity contribution in [3.05, 3.63) is 11.6 Å². The van der Waals surface area contributed by atoms with E-state index < -0.39 is 0 Å². The number of likely N-dealkylation sites (tertiary alicyclic amines) is 1. The maximum atomic E-state index is 13.1. The molecule has 3 aliphatic rings. The third-order valence-electron chi connectivity index (χ3n) is 5.62. The predicted octanol–water partition coefficient (Wildman–Crippen LogP) is 1.67. The molecule has 6 nitrogen and oxygen atoms in total. The van der Waals surface area contributed by atoms with Crippen molar-refractivity contribution in [3.63, 3.8) is 0 Å². The summed E-state index contributed by atoms with van der Waals surface area (Å²) in [6.07, 6.45) is 8.89. The van der Waals surface area contributed by atoms with E-state index in [2.05, 4.69) is 25.0 Å². The molecule has 0 aromatic carbocycles. The summed E-state index contributed by atoms with van der Waals surface area (Å²) in [5.74, 6) is 2.63. The van der Waals surface area contributed by atoms with Gasteiger partial charge in [-0.3, -0.25) is 4.79 Å². The van der Waals surface area contributed by atoms with E-state index in [0.29, 0.717) is 5.91 Å². The van der Waals surface area contributed by atoms with Crippen molar-refractivity contribution in [3.8, 4) is 0 Å². The quantitative estimate of drug-likeness (QED) is 0.901. The van der Waals surface area contributed by atoms with Gasteiger partial charge in [0.1, 0.15) is 5.82 Å². The van der Waals surface area contributed by atoms with Gasteiger partial charge in [-0.15, -0.1) is 10.2 Å². The van der Waals surface area contributed by atoms with Crippen molar-refractivity contribution < 1.29 is 4.79 Å². The van der Waals surface area contributed by atoms with Crippen molar-refractivity contribution in [2.45, 2.75) is 64.0 Å². The highest BCUT2D eigenvalue weighted by atomic mass is 16.2. The molecule has 1 amide bonds. The smallest absolute Gasteiger partial charge is 0.227 e. The van der Waals surface area contributed by atoms with Gasteiger partial charge in [-0.25, -0.2) is 0 Å². The molecule has 1 N–H and O–H groups in total. The Balaban J connectivity index is 1.58. The van der Waals surface area contributed by atoms with Crippen molar-refractivity contribution in [2.75, 3.05) is 19.6 Å². The first-order valence-corrected chi connectivity index (χ1v) is 9.28. The van der Waals surface area contributed by atoms with Gasteiger partial charge in [0.15, 0.2) is 5.82 Å². The summed E-state index contributed by atoms with van der Waals surface area (Å²) in [5, 5.41) is 12.3. The minimum absolute atomic E-state index is 0.137. The molecule has 2 unspecified atom stereocenters. The lowest BCUT2D eigenvalue weighted by Gasteiger charge is -2.38. The monoisotopic (exact) mass is 317 g/mol. The van der Waals surface area contributed by atoms with Gasteiger partial charge in [0.2, 0.25) is 5.91 Å². The Morgan fingerprint density at radius 2 is 1.96 bits per heavy atom. The summed E-state index contributed by atoms with van der Waals surface area (Å²) in [7, 11) is 0. The molecule has 2 atom stereocenters. The van der Waals surface area contributed by atoms with Gasteiger partial charge in [0, 0.05) is 26.1 Å². The van der Waals surface area contributed by atoms with Crippen LogP contribution >= 0.6 is 0 Å². The van der Waals surface area contributed by atoms with Crippen LogP contribution < -0.4 is 5.32 Å². The number of piperidine rings is 2. The average Bonchev–Trinajstić information content (AvgIpc) is 3.06. The summed E-state index contributed by atoms with van der Waals surface area (Å²) in [6.45, 7) is 3.77. The van der Waals surface area contributed by atoms with Gasteiger partial charge in [0.05, 0.1) is 12.0 Å². The van der Waals surface area contributed by atoms with E-state index in [1.165, 1.54) is 19.3 Å². The second-order valence-electron chi connectivity index (χ2n) is 7.17. The van der Waals surface area contributed by atoms with E-state index in [0.717, 1.165) is 69.9 Å². The van der Waals surface area contributed by atoms with Crippen LogP contribution in [-0.4, -0.2) is 45.2 Å². The van der Waals surface area contributed by atoms with Crippen LogP contribution in [0.1, 0.15) is 62.6 Å². The predicted molar refractivity (Wildman–Crippen MR) is 86.9 cm³/mol. The number of hydrogen-bond acceptors (Lipinski definition) is 4. The van der Waals surface area contributed by atoms with Crippen molar-refractivity contribution >= 4 is 5.91 Å². The zero-order valence-electron chi connectivity index (χ0n) is 13.8. The second-order valence-corrected chi connectivity index (χ2v) is 7.17. The van der Waals surface area contributed by atoms with Crippen LogP contribution in [0.4, 0.5) is 0 Å². The number of aryl methyl sites for hydroxylation is 1. The minimum atomic E-state index is 0.137. The first-order chi connectivity index (χ1) is 11.3. The number of hydrogen-bond donors (Lipinski definition) is 1. The molecule has 2 saturated heterocycles. The fraction of sp³-hybridized carbons (Fsp3) is 0.824. The molecule has 0 saturated carbocycles. The highest BCUT2D eigenvalue weighted by Crippen LogP contribution is 2.33. The van der Waals surface area contributed by atoms with Crippen LogP contribution in [0.2, 0.25) is 0 Å². The van der Waals surface area contributed by atoms with Gasteiger partial charge in [-0.2, -0.15) is 0 Å². The SMILES string of the molecule is O=C(C1CCCNC1)N1CCCCC1c1nnc2n1CCCC2. The van der Waals surface area contributed by atoms with Gasteiger partial charge in [-0.1, -0.05) is 0 Å². The molecule has 126 valence electrons. The van der Waals surface area contributed by atoms with E-state index in [4.69, 9.17) is 0 Å². The average molecular weight is 317 g/mol. The minimum Gasteiger partial charge on any atom is -0.332 e. The van der Waals surface area contributed by atoms with Crippen molar-refractivity contribution in [1.82, 2.24) is 25.0 Å². The van der Waals surface area contributed by atoms with Crippen LogP contribution in [0.25, 0.3) is 0 Å². The van der Waals surface area contributed by atoms with E-state index in [-0.39, 0.29) is 12.0 Å². The highest BCUT2D eigenvalue weighted by Gasteiger charge is 2.36. The Hall–Kier alpha value is -1.43. The van der Waals surface area contributed by atoms with E-state index >= 15 is 0 Å². The molecule has 6 heteroatoms. The van der Waals surface area contributed by atoms with Gasteiger partial charge >= 0.3 is 0 Å². The van der Waals surface area contributed by atoms with Crippen molar-refractivity contribution in [1.29, 1.82) is 0 Å². The molecular weight excluding hydrogens is 290 g/mol. The van der Waals surface area contributed by atoms with Crippen LogP contribution in [0.15, 0.2) is 0 Å². The molecule has 23 heavy (non-hydrogen) atoms. The summed E-state index contributed by atoms with van der Waals surface area (Å²) in [4.78, 5) is 15.2. The normalized spacial score (nSPS) is 28.4. The summed E-state index contributed by atoms with van der Waals surface area (Å²) in [5.41, 5.74) is 0. The maximum Gasteiger partial charge on any atom is 0.227 e. The molecule has 4 heterocycles. The van der Waals surface area contributed by atoms with Crippen LogP contribution in [0.5, 0.6) is 0 Å². The van der Waals surface area contributed by atoms with Gasteiger partial charge in [0.25, 0.3) is 0 Å². The van der Waals surface area contributed by atoms with Crippen LogP contribution in [-0.2, 0) is 17.8 Å². The number of carbonyl (C=O) groups is 1. The van der Waals surface area contributed by atoms with Gasteiger partial charge in [-0.05, 0) is 51.5 Å². The number of amides is 1. The fourth-order valence-corrected chi connectivity index (χ4v) is 4.34. The Bertz CT molecular complexity index is 563. The molecule has 0 spiro atoms. The van der Waals surface area contributed by atoms with Crippen LogP contribution in [0.3, 0.4) is 0 Å². The molecule has 0 aliphatic carbocycles. The number of nitrogens with one attached hydrogen (secondary N) is 1. The number of carbonyl (C=O) groups excluding carboxylic acids is 1. The van der Waals surface area contributed by atoms with Crippen LogP contribution in [0, 0.1) is 5.92 Å². The maximum absolute atomic E-state index is 13.1. The van der Waals surface area contributed by atoms with Gasteiger partial charge < -0.3 is 14.8 Å².